The van der Waals surface area contributed by atoms with E-state index in [1.165, 1.54) is 57.8 Å². The fourth-order valence-electron chi connectivity index (χ4n) is 4.30. The minimum Gasteiger partial charge on any atom is -0.459 e. The largest absolute Gasteiger partial charge is 0.459 e. The smallest absolute Gasteiger partial charge is 0.259 e. The van der Waals surface area contributed by atoms with Gasteiger partial charge in [0.1, 0.15) is 11.3 Å². The van der Waals surface area contributed by atoms with Gasteiger partial charge in [0, 0.05) is 13.3 Å². The van der Waals surface area contributed by atoms with E-state index < -0.39 is 5.72 Å². The summed E-state index contributed by atoms with van der Waals surface area (Å²) in [6, 6.07) is 17.2. The fraction of sp³-hybridized carbons (Fsp3) is 0.536. The van der Waals surface area contributed by atoms with Gasteiger partial charge in [-0.25, -0.2) is 0 Å². The highest BCUT2D eigenvalue weighted by Gasteiger charge is 2.39. The average Bonchev–Trinajstić information content (AvgIpc) is 3.28. The monoisotopic (exact) mass is 449 g/mol. The van der Waals surface area contributed by atoms with Crippen molar-refractivity contribution < 1.29 is 9.53 Å². The molecule has 0 bridgehead atoms. The molecule has 0 aliphatic heterocycles. The van der Waals surface area contributed by atoms with Crippen LogP contribution in [0.15, 0.2) is 54.6 Å². The van der Waals surface area contributed by atoms with Gasteiger partial charge < -0.3 is 4.74 Å². The summed E-state index contributed by atoms with van der Waals surface area (Å²) in [6.45, 7) is 4.07. The molecular weight excluding hydrogens is 410 g/mol. The Balaban J connectivity index is 1.54. The Bertz CT molecular complexity index is 969. The standard InChI is InChI=1S/C28H39N3O2/c1-3-4-5-6-7-8-9-10-11-12-16-23-27(32)28(2,33-24-19-14-13-15-20-24)31-26-22-18-17-21-25(26)29-30-31/h13-15,17-22H,3-12,16,23H2,1-2H3. The van der Waals surface area contributed by atoms with Gasteiger partial charge in [0.25, 0.3) is 5.72 Å². The van der Waals surface area contributed by atoms with E-state index in [0.717, 1.165) is 23.9 Å². The van der Waals surface area contributed by atoms with E-state index in [9.17, 15) is 4.79 Å². The van der Waals surface area contributed by atoms with Crippen LogP contribution in [0, 0.1) is 0 Å². The molecule has 5 heteroatoms. The molecule has 5 nitrogen and oxygen atoms in total. The summed E-state index contributed by atoms with van der Waals surface area (Å²) in [5, 5.41) is 8.56. The zero-order valence-corrected chi connectivity index (χ0v) is 20.3. The molecule has 0 saturated heterocycles. The molecule has 0 N–H and O–H groups in total. The summed E-state index contributed by atoms with van der Waals surface area (Å²) < 4.78 is 7.91. The Hall–Kier alpha value is -2.69. The number of hydrogen-bond acceptors (Lipinski definition) is 4. The van der Waals surface area contributed by atoms with Crippen LogP contribution in [-0.4, -0.2) is 20.8 Å². The summed E-state index contributed by atoms with van der Waals surface area (Å²) >= 11 is 0. The highest BCUT2D eigenvalue weighted by molar-refractivity contribution is 5.87. The number of ether oxygens (including phenoxy) is 1. The lowest BCUT2D eigenvalue weighted by Gasteiger charge is -2.29. The number of benzene rings is 2. The van der Waals surface area contributed by atoms with Gasteiger partial charge in [-0.3, -0.25) is 4.79 Å². The molecule has 0 saturated carbocycles. The van der Waals surface area contributed by atoms with Crippen LogP contribution in [0.2, 0.25) is 0 Å². The molecule has 178 valence electrons. The number of rotatable bonds is 16. The van der Waals surface area contributed by atoms with Crippen LogP contribution >= 0.6 is 0 Å². The van der Waals surface area contributed by atoms with Gasteiger partial charge in [-0.15, -0.1) is 5.10 Å². The van der Waals surface area contributed by atoms with E-state index in [1.54, 1.807) is 4.68 Å². The third kappa shape index (κ3) is 7.15. The predicted molar refractivity (Wildman–Crippen MR) is 134 cm³/mol. The van der Waals surface area contributed by atoms with Gasteiger partial charge >= 0.3 is 0 Å². The number of carbonyl (C=O) groups is 1. The van der Waals surface area contributed by atoms with Crippen LogP contribution < -0.4 is 4.74 Å². The number of fused-ring (bicyclic) bond motifs is 1. The second kappa shape index (κ2) is 13.1. The van der Waals surface area contributed by atoms with Crippen LogP contribution in [0.5, 0.6) is 5.75 Å². The number of unbranched alkanes of at least 4 members (excludes halogenated alkanes) is 10. The lowest BCUT2D eigenvalue weighted by molar-refractivity contribution is -0.142. The summed E-state index contributed by atoms with van der Waals surface area (Å²) in [6.07, 6.45) is 14.3. The molecule has 3 rings (SSSR count). The molecule has 1 heterocycles. The zero-order chi connectivity index (χ0) is 23.4. The van der Waals surface area contributed by atoms with Gasteiger partial charge in [-0.2, -0.15) is 4.68 Å². The Morgan fingerprint density at radius 2 is 1.39 bits per heavy atom. The van der Waals surface area contributed by atoms with Crippen molar-refractivity contribution in [2.75, 3.05) is 0 Å². The van der Waals surface area contributed by atoms with Crippen molar-refractivity contribution in [1.29, 1.82) is 0 Å². The maximum Gasteiger partial charge on any atom is 0.259 e. The zero-order valence-electron chi connectivity index (χ0n) is 20.3. The van der Waals surface area contributed by atoms with Gasteiger partial charge in [0.2, 0.25) is 0 Å². The first-order chi connectivity index (χ1) is 16.1. The summed E-state index contributed by atoms with van der Waals surface area (Å²) in [7, 11) is 0. The molecule has 0 amide bonds. The number of para-hydroxylation sites is 2. The van der Waals surface area contributed by atoms with Crippen molar-refractivity contribution in [3.05, 3.63) is 54.6 Å². The number of nitrogens with zero attached hydrogens (tertiary/aromatic N) is 3. The lowest BCUT2D eigenvalue weighted by Crippen LogP contribution is -2.45. The minimum absolute atomic E-state index is 0.0259. The predicted octanol–water partition coefficient (Wildman–Crippen LogP) is 7.45. The van der Waals surface area contributed by atoms with Crippen molar-refractivity contribution in [3.63, 3.8) is 0 Å². The first-order valence-corrected chi connectivity index (χ1v) is 12.7. The van der Waals surface area contributed by atoms with Gasteiger partial charge in [0.05, 0.1) is 5.52 Å². The van der Waals surface area contributed by atoms with Crippen molar-refractivity contribution >= 4 is 16.8 Å². The topological polar surface area (TPSA) is 57.0 Å². The van der Waals surface area contributed by atoms with E-state index >= 15 is 0 Å². The van der Waals surface area contributed by atoms with Crippen LogP contribution in [0.1, 0.15) is 90.9 Å². The molecule has 2 aromatic carbocycles. The second-order valence-electron chi connectivity index (χ2n) is 9.10. The van der Waals surface area contributed by atoms with E-state index in [1.807, 2.05) is 61.5 Å². The lowest BCUT2D eigenvalue weighted by atomic mass is 10.0. The van der Waals surface area contributed by atoms with Gasteiger partial charge in [-0.1, -0.05) is 107 Å². The molecule has 0 fully saturated rings. The van der Waals surface area contributed by atoms with Gasteiger partial charge in [0.15, 0.2) is 5.78 Å². The molecule has 0 radical (unpaired) electrons. The molecule has 1 unspecified atom stereocenters. The maximum atomic E-state index is 13.5. The van der Waals surface area contributed by atoms with Crippen LogP contribution in [0.25, 0.3) is 11.0 Å². The van der Waals surface area contributed by atoms with E-state index in [-0.39, 0.29) is 5.78 Å². The van der Waals surface area contributed by atoms with Crippen molar-refractivity contribution in [2.24, 2.45) is 0 Å². The van der Waals surface area contributed by atoms with Crippen LogP contribution in [0.3, 0.4) is 0 Å². The Morgan fingerprint density at radius 1 is 0.818 bits per heavy atom. The molecular formula is C28H39N3O2. The number of aromatic nitrogens is 3. The number of carbonyl (C=O) groups excluding carboxylic acids is 1. The third-order valence-corrected chi connectivity index (χ3v) is 6.34. The third-order valence-electron chi connectivity index (χ3n) is 6.34. The number of Topliss-reactive ketones (excluding diaryl/α,β-unsaturated/α-hetero) is 1. The van der Waals surface area contributed by atoms with E-state index in [0.29, 0.717) is 12.2 Å². The SMILES string of the molecule is CCCCCCCCCCCCCC(=O)C(C)(Oc1ccccc1)n1nnc2ccccc21. The average molecular weight is 450 g/mol. The van der Waals surface area contributed by atoms with Crippen molar-refractivity contribution in [2.45, 2.75) is 96.6 Å². The molecule has 1 atom stereocenters. The van der Waals surface area contributed by atoms with E-state index in [4.69, 9.17) is 4.74 Å². The normalized spacial score (nSPS) is 13.2. The molecule has 0 spiro atoms. The highest BCUT2D eigenvalue weighted by atomic mass is 16.5. The molecule has 3 aromatic rings. The quantitative estimate of drug-likeness (QED) is 0.213. The Labute approximate surface area is 198 Å². The Kier molecular flexibility index (Phi) is 9.92. The Morgan fingerprint density at radius 3 is 2.06 bits per heavy atom. The van der Waals surface area contributed by atoms with Gasteiger partial charge in [-0.05, 0) is 30.7 Å². The molecule has 33 heavy (non-hydrogen) atoms. The van der Waals surface area contributed by atoms with Crippen LogP contribution in [-0.2, 0) is 10.5 Å². The molecule has 0 aliphatic rings. The van der Waals surface area contributed by atoms with E-state index in [2.05, 4.69) is 17.2 Å². The number of hydrogen-bond donors (Lipinski definition) is 0. The fourth-order valence-corrected chi connectivity index (χ4v) is 4.30. The second-order valence-corrected chi connectivity index (χ2v) is 9.10. The minimum atomic E-state index is -1.24. The van der Waals surface area contributed by atoms with Crippen LogP contribution in [0.4, 0.5) is 0 Å². The molecule has 1 aromatic heterocycles. The summed E-state index contributed by atoms with van der Waals surface area (Å²) in [5.74, 6) is 0.671. The van der Waals surface area contributed by atoms with Crippen molar-refractivity contribution in [1.82, 2.24) is 15.0 Å². The first-order valence-electron chi connectivity index (χ1n) is 12.7. The van der Waals surface area contributed by atoms with Crippen molar-refractivity contribution in [3.8, 4) is 5.75 Å². The maximum absolute atomic E-state index is 13.5. The number of ketones is 1. The highest BCUT2D eigenvalue weighted by Crippen LogP contribution is 2.28. The summed E-state index contributed by atoms with van der Waals surface area (Å²) in [5.41, 5.74) is 0.307. The first kappa shape index (κ1) is 24.9. The summed E-state index contributed by atoms with van der Waals surface area (Å²) in [4.78, 5) is 13.5. The molecule has 0 aliphatic carbocycles.